The van der Waals surface area contributed by atoms with Gasteiger partial charge in [0.05, 0.1) is 0 Å². The molecule has 2 heterocycles. The molecule has 0 bridgehead atoms. The molecule has 1 atom stereocenters. The minimum atomic E-state index is -0.279. The van der Waals surface area contributed by atoms with E-state index in [1.165, 1.54) is 0 Å². The smallest absolute Gasteiger partial charge is 0.226 e. The van der Waals surface area contributed by atoms with Crippen molar-refractivity contribution in [1.29, 1.82) is 0 Å². The van der Waals surface area contributed by atoms with E-state index in [2.05, 4.69) is 66.3 Å². The molecule has 30 heavy (non-hydrogen) atoms. The van der Waals surface area contributed by atoms with E-state index in [0.29, 0.717) is 18.2 Å². The fourth-order valence-corrected chi connectivity index (χ4v) is 4.73. The minimum Gasteiger partial charge on any atom is -0.328 e. The molecular weight excluding hydrogens is 440 g/mol. The maximum atomic E-state index is 13.3. The molecule has 2 aromatic carbocycles. The molecule has 1 aromatic heterocycles. The number of carbonyl (C=O) groups excluding carboxylic acids is 1. The van der Waals surface area contributed by atoms with Crippen LogP contribution in [0.3, 0.4) is 0 Å². The molecule has 0 spiro atoms. The van der Waals surface area contributed by atoms with Crippen molar-refractivity contribution in [3.8, 4) is 11.4 Å². The first-order valence-corrected chi connectivity index (χ1v) is 10.9. The quantitative estimate of drug-likeness (QED) is 0.532. The maximum absolute atomic E-state index is 13.3. The third-order valence-electron chi connectivity index (χ3n) is 5.79. The second-order valence-corrected chi connectivity index (χ2v) is 9.90. The third kappa shape index (κ3) is 3.29. The minimum absolute atomic E-state index is 0.0747. The molecule has 0 radical (unpaired) electrons. The van der Waals surface area contributed by atoms with Gasteiger partial charge >= 0.3 is 0 Å². The Morgan fingerprint density at radius 1 is 1.13 bits per heavy atom. The summed E-state index contributed by atoms with van der Waals surface area (Å²) in [7, 11) is 0. The van der Waals surface area contributed by atoms with Crippen LogP contribution >= 0.6 is 15.9 Å². The SMILES string of the molecule is Cc1cccc(-c2nc3n(n2)C(c2ccc(Br)cc2)C2=C(CC(C)(C)CC2=O)N3)c1. The van der Waals surface area contributed by atoms with Crippen molar-refractivity contribution < 1.29 is 4.79 Å². The van der Waals surface area contributed by atoms with Gasteiger partial charge in [-0.3, -0.25) is 4.79 Å². The Balaban J connectivity index is 1.68. The van der Waals surface area contributed by atoms with Crippen molar-refractivity contribution in [1.82, 2.24) is 14.8 Å². The Hall–Kier alpha value is -2.73. The molecule has 1 N–H and O–H groups in total. The number of nitrogens with zero attached hydrogens (tertiary/aromatic N) is 3. The number of halogens is 1. The number of ketones is 1. The number of benzene rings is 2. The monoisotopic (exact) mass is 462 g/mol. The van der Waals surface area contributed by atoms with Gasteiger partial charge in [0.1, 0.15) is 6.04 Å². The molecule has 0 saturated carbocycles. The van der Waals surface area contributed by atoms with Gasteiger partial charge in [0.15, 0.2) is 11.6 Å². The zero-order valence-corrected chi connectivity index (χ0v) is 18.8. The number of aryl methyl sites for hydroxylation is 1. The molecule has 2 aliphatic rings. The first kappa shape index (κ1) is 19.2. The van der Waals surface area contributed by atoms with Crippen LogP contribution in [0.1, 0.15) is 43.9 Å². The summed E-state index contributed by atoms with van der Waals surface area (Å²) in [5, 5.41) is 8.29. The van der Waals surface area contributed by atoms with Gasteiger partial charge in [-0.1, -0.05) is 65.7 Å². The summed E-state index contributed by atoms with van der Waals surface area (Å²) in [5.74, 6) is 1.53. The summed E-state index contributed by atoms with van der Waals surface area (Å²) in [6.07, 6.45) is 1.35. The lowest BCUT2D eigenvalue weighted by molar-refractivity contribution is -0.118. The molecule has 1 unspecified atom stereocenters. The number of Topliss-reactive ketones (excluding diaryl/α,β-unsaturated/α-hetero) is 1. The van der Waals surface area contributed by atoms with Crippen molar-refractivity contribution in [3.05, 3.63) is 75.4 Å². The van der Waals surface area contributed by atoms with Gasteiger partial charge in [-0.2, -0.15) is 4.98 Å². The van der Waals surface area contributed by atoms with Crippen LogP contribution in [-0.2, 0) is 4.79 Å². The van der Waals surface area contributed by atoms with Crippen molar-refractivity contribution in [2.24, 2.45) is 5.41 Å². The van der Waals surface area contributed by atoms with Crippen LogP contribution in [0.15, 0.2) is 64.3 Å². The lowest BCUT2D eigenvalue weighted by Gasteiger charge is -2.38. The van der Waals surface area contributed by atoms with Gasteiger partial charge in [-0.05, 0) is 42.5 Å². The van der Waals surface area contributed by atoms with E-state index in [4.69, 9.17) is 10.1 Å². The highest BCUT2D eigenvalue weighted by atomic mass is 79.9. The fraction of sp³-hybridized carbons (Fsp3) is 0.292. The summed E-state index contributed by atoms with van der Waals surface area (Å²) >= 11 is 3.51. The van der Waals surface area contributed by atoms with E-state index in [0.717, 1.165) is 38.9 Å². The highest BCUT2D eigenvalue weighted by Gasteiger charge is 2.41. The number of aromatic nitrogens is 3. The van der Waals surface area contributed by atoms with Crippen molar-refractivity contribution in [3.63, 3.8) is 0 Å². The molecular formula is C24H23BrN4O. The Bertz CT molecular complexity index is 1190. The highest BCUT2D eigenvalue weighted by Crippen LogP contribution is 2.45. The molecule has 152 valence electrons. The number of carbonyl (C=O) groups is 1. The summed E-state index contributed by atoms with van der Waals surface area (Å²) in [4.78, 5) is 18.1. The number of hydrogen-bond donors (Lipinski definition) is 1. The van der Waals surface area contributed by atoms with Crippen LogP contribution in [0.2, 0.25) is 0 Å². The van der Waals surface area contributed by atoms with Crippen LogP contribution in [0.25, 0.3) is 11.4 Å². The van der Waals surface area contributed by atoms with Crippen molar-refractivity contribution in [2.45, 2.75) is 39.7 Å². The Labute approximate surface area is 184 Å². The van der Waals surface area contributed by atoms with E-state index in [-0.39, 0.29) is 17.2 Å². The third-order valence-corrected chi connectivity index (χ3v) is 6.32. The van der Waals surface area contributed by atoms with E-state index in [1.54, 1.807) is 0 Å². The predicted molar refractivity (Wildman–Crippen MR) is 121 cm³/mol. The van der Waals surface area contributed by atoms with E-state index < -0.39 is 0 Å². The first-order valence-electron chi connectivity index (χ1n) is 10.1. The molecule has 1 aliphatic carbocycles. The standard InChI is InChI=1S/C24H23BrN4O/c1-14-5-4-6-16(11-14)22-27-23-26-18-12-24(2,3)13-19(30)20(18)21(29(23)28-22)15-7-9-17(25)10-8-15/h4-11,21H,12-13H2,1-3H3,(H,26,27,28). The average molecular weight is 463 g/mol. The number of hydrogen-bond acceptors (Lipinski definition) is 4. The van der Waals surface area contributed by atoms with Gasteiger partial charge in [-0.15, -0.1) is 5.10 Å². The zero-order valence-electron chi connectivity index (χ0n) is 17.2. The number of allylic oxidation sites excluding steroid dienone is 2. The molecule has 3 aromatic rings. The molecule has 0 amide bonds. The Kier molecular flexibility index (Phi) is 4.43. The normalized spacial score (nSPS) is 19.9. The second kappa shape index (κ2) is 6.91. The van der Waals surface area contributed by atoms with Gasteiger partial charge in [0, 0.05) is 27.7 Å². The molecule has 5 nitrogen and oxygen atoms in total. The second-order valence-electron chi connectivity index (χ2n) is 8.99. The Morgan fingerprint density at radius 3 is 2.63 bits per heavy atom. The van der Waals surface area contributed by atoms with Gasteiger partial charge in [0.2, 0.25) is 5.95 Å². The molecule has 0 fully saturated rings. The average Bonchev–Trinajstić information content (AvgIpc) is 3.10. The van der Waals surface area contributed by atoms with Crippen molar-refractivity contribution >= 4 is 27.7 Å². The van der Waals surface area contributed by atoms with E-state index in [9.17, 15) is 4.79 Å². The number of rotatable bonds is 2. The van der Waals surface area contributed by atoms with Gasteiger partial charge in [-0.25, -0.2) is 4.68 Å². The summed E-state index contributed by atoms with van der Waals surface area (Å²) in [6.45, 7) is 6.34. The maximum Gasteiger partial charge on any atom is 0.226 e. The zero-order chi connectivity index (χ0) is 21.0. The van der Waals surface area contributed by atoms with E-state index in [1.807, 2.05) is 28.9 Å². The summed E-state index contributed by atoms with van der Waals surface area (Å²) in [6, 6.07) is 16.0. The predicted octanol–water partition coefficient (Wildman–Crippen LogP) is 5.67. The van der Waals surface area contributed by atoms with Crippen LogP contribution in [0, 0.1) is 12.3 Å². The lowest BCUT2D eigenvalue weighted by Crippen LogP contribution is -2.36. The number of fused-ring (bicyclic) bond motifs is 1. The molecule has 0 saturated heterocycles. The number of nitrogens with one attached hydrogen (secondary N) is 1. The van der Waals surface area contributed by atoms with E-state index >= 15 is 0 Å². The van der Waals surface area contributed by atoms with Crippen LogP contribution < -0.4 is 5.32 Å². The first-order chi connectivity index (χ1) is 14.3. The number of anilines is 1. The van der Waals surface area contributed by atoms with Gasteiger partial charge in [0.25, 0.3) is 0 Å². The van der Waals surface area contributed by atoms with Crippen LogP contribution in [0.4, 0.5) is 5.95 Å². The molecule has 5 rings (SSSR count). The Morgan fingerprint density at radius 2 is 1.90 bits per heavy atom. The molecule has 6 heteroatoms. The van der Waals surface area contributed by atoms with Crippen LogP contribution in [0.5, 0.6) is 0 Å². The van der Waals surface area contributed by atoms with Crippen molar-refractivity contribution in [2.75, 3.05) is 5.32 Å². The largest absolute Gasteiger partial charge is 0.328 e. The summed E-state index contributed by atoms with van der Waals surface area (Å²) in [5.41, 5.74) is 4.87. The summed E-state index contributed by atoms with van der Waals surface area (Å²) < 4.78 is 2.88. The topological polar surface area (TPSA) is 59.8 Å². The molecule has 1 aliphatic heterocycles. The van der Waals surface area contributed by atoms with Gasteiger partial charge < -0.3 is 5.32 Å². The fourth-order valence-electron chi connectivity index (χ4n) is 4.47. The van der Waals surface area contributed by atoms with Crippen LogP contribution in [-0.4, -0.2) is 20.5 Å². The lowest BCUT2D eigenvalue weighted by atomic mass is 9.73. The highest BCUT2D eigenvalue weighted by molar-refractivity contribution is 9.10.